The lowest BCUT2D eigenvalue weighted by molar-refractivity contribution is 1.05. The fourth-order valence-corrected chi connectivity index (χ4v) is 2.03. The van der Waals surface area contributed by atoms with Crippen LogP contribution in [0.4, 0.5) is 0 Å². The van der Waals surface area contributed by atoms with Gasteiger partial charge >= 0.3 is 0 Å². The Morgan fingerprint density at radius 1 is 1.12 bits per heavy atom. The van der Waals surface area contributed by atoms with Gasteiger partial charge in [-0.25, -0.2) is 4.98 Å². The molecule has 0 unspecified atom stereocenters. The average Bonchev–Trinajstić information content (AvgIpc) is 2.89. The summed E-state index contributed by atoms with van der Waals surface area (Å²) in [4.78, 5) is 8.00. The lowest BCUT2D eigenvalue weighted by Crippen LogP contribution is -1.82. The Hall–Kier alpha value is -2.10. The Morgan fingerprint density at radius 3 is 2.65 bits per heavy atom. The van der Waals surface area contributed by atoms with Gasteiger partial charge in [-0.05, 0) is 38.0 Å². The van der Waals surface area contributed by atoms with Gasteiger partial charge in [0, 0.05) is 5.69 Å². The average molecular weight is 226 g/mol. The van der Waals surface area contributed by atoms with Crippen LogP contribution < -0.4 is 0 Å². The summed E-state index contributed by atoms with van der Waals surface area (Å²) in [5, 5.41) is 6.95. The Kier molecular flexibility index (Phi) is 2.04. The third-order valence-electron chi connectivity index (χ3n) is 3.26. The molecule has 4 heteroatoms. The first kappa shape index (κ1) is 10.1. The van der Waals surface area contributed by atoms with Crippen molar-refractivity contribution < 1.29 is 0 Å². The molecule has 0 saturated carbocycles. The van der Waals surface area contributed by atoms with Crippen LogP contribution in [0.3, 0.4) is 0 Å². The van der Waals surface area contributed by atoms with Crippen molar-refractivity contribution in [3.63, 3.8) is 0 Å². The zero-order valence-corrected chi connectivity index (χ0v) is 10.1. The van der Waals surface area contributed by atoms with E-state index >= 15 is 0 Å². The largest absolute Gasteiger partial charge is 0.338 e. The maximum Gasteiger partial charge on any atom is 0.141 e. The summed E-state index contributed by atoms with van der Waals surface area (Å²) in [7, 11) is 0. The Labute approximate surface area is 99.1 Å². The number of nitrogens with one attached hydrogen (secondary N) is 2. The van der Waals surface area contributed by atoms with Crippen molar-refractivity contribution in [2.75, 3.05) is 0 Å². The van der Waals surface area contributed by atoms with Gasteiger partial charge in [0.25, 0.3) is 0 Å². The summed E-state index contributed by atoms with van der Waals surface area (Å²) in [6.07, 6.45) is 1.80. The van der Waals surface area contributed by atoms with Gasteiger partial charge in [-0.15, -0.1) is 0 Å². The van der Waals surface area contributed by atoms with E-state index in [1.54, 1.807) is 6.20 Å². The normalized spacial score (nSPS) is 11.2. The van der Waals surface area contributed by atoms with Crippen LogP contribution >= 0.6 is 0 Å². The van der Waals surface area contributed by atoms with E-state index in [4.69, 9.17) is 0 Å². The van der Waals surface area contributed by atoms with Crippen LogP contribution in [0.5, 0.6) is 0 Å². The molecule has 2 N–H and O–H groups in total. The van der Waals surface area contributed by atoms with Crippen LogP contribution in [0.1, 0.15) is 16.8 Å². The van der Waals surface area contributed by atoms with Crippen LogP contribution in [0.25, 0.3) is 22.4 Å². The number of benzene rings is 1. The van der Waals surface area contributed by atoms with Gasteiger partial charge in [-0.3, -0.25) is 5.10 Å². The zero-order valence-electron chi connectivity index (χ0n) is 10.1. The number of aryl methyl sites for hydroxylation is 3. The molecule has 4 nitrogen and oxygen atoms in total. The number of fused-ring (bicyclic) bond motifs is 1. The van der Waals surface area contributed by atoms with Gasteiger partial charge in [-0.1, -0.05) is 6.07 Å². The maximum atomic E-state index is 4.66. The van der Waals surface area contributed by atoms with Crippen LogP contribution in [0.15, 0.2) is 18.3 Å². The number of nitrogens with zero attached hydrogens (tertiary/aromatic N) is 2. The minimum atomic E-state index is 0.875. The highest BCUT2D eigenvalue weighted by molar-refractivity contribution is 5.83. The Bertz CT molecular complexity index is 691. The highest BCUT2D eigenvalue weighted by atomic mass is 15.1. The second kappa shape index (κ2) is 3.45. The van der Waals surface area contributed by atoms with Crippen molar-refractivity contribution >= 4 is 11.0 Å². The third-order valence-corrected chi connectivity index (χ3v) is 3.26. The molecule has 0 saturated heterocycles. The summed E-state index contributed by atoms with van der Waals surface area (Å²) in [6.45, 7) is 6.20. The summed E-state index contributed by atoms with van der Waals surface area (Å²) < 4.78 is 0. The molecule has 1 aromatic carbocycles. The lowest BCUT2D eigenvalue weighted by atomic mass is 10.1. The van der Waals surface area contributed by atoms with Crippen molar-refractivity contribution in [3.8, 4) is 11.4 Å². The highest BCUT2D eigenvalue weighted by Gasteiger charge is 2.11. The van der Waals surface area contributed by atoms with E-state index < -0.39 is 0 Å². The van der Waals surface area contributed by atoms with E-state index in [9.17, 15) is 0 Å². The SMILES string of the molecule is Cc1ccc2[nH]c(-c3cn[nH]c3C)nc2c1C. The molecule has 2 heterocycles. The molecular weight excluding hydrogens is 212 g/mol. The molecule has 0 atom stereocenters. The molecule has 3 rings (SSSR count). The Morgan fingerprint density at radius 2 is 1.94 bits per heavy atom. The molecule has 0 spiro atoms. The molecule has 0 amide bonds. The number of imidazole rings is 1. The van der Waals surface area contributed by atoms with Gasteiger partial charge in [-0.2, -0.15) is 5.10 Å². The van der Waals surface area contributed by atoms with Crippen LogP contribution in [0.2, 0.25) is 0 Å². The molecule has 86 valence electrons. The fraction of sp³-hybridized carbons (Fsp3) is 0.231. The van der Waals surface area contributed by atoms with E-state index in [2.05, 4.69) is 46.1 Å². The quantitative estimate of drug-likeness (QED) is 0.670. The van der Waals surface area contributed by atoms with Gasteiger partial charge in [0.1, 0.15) is 5.82 Å². The summed E-state index contributed by atoms with van der Waals surface area (Å²) in [5.74, 6) is 0.875. The smallest absolute Gasteiger partial charge is 0.141 e. The molecule has 17 heavy (non-hydrogen) atoms. The monoisotopic (exact) mass is 226 g/mol. The highest BCUT2D eigenvalue weighted by Crippen LogP contribution is 2.25. The minimum Gasteiger partial charge on any atom is -0.338 e. The van der Waals surface area contributed by atoms with Crippen LogP contribution in [-0.2, 0) is 0 Å². The van der Waals surface area contributed by atoms with Crippen molar-refractivity contribution in [1.82, 2.24) is 20.2 Å². The summed E-state index contributed by atoms with van der Waals surface area (Å²) >= 11 is 0. The molecule has 0 fully saturated rings. The van der Waals surface area contributed by atoms with E-state index in [-0.39, 0.29) is 0 Å². The first-order valence-corrected chi connectivity index (χ1v) is 5.63. The van der Waals surface area contributed by atoms with E-state index in [0.717, 1.165) is 28.1 Å². The second-order valence-corrected chi connectivity index (χ2v) is 4.40. The van der Waals surface area contributed by atoms with Crippen molar-refractivity contribution in [2.24, 2.45) is 0 Å². The number of rotatable bonds is 1. The van der Waals surface area contributed by atoms with E-state index in [1.165, 1.54) is 11.1 Å². The molecule has 0 radical (unpaired) electrons. The van der Waals surface area contributed by atoms with Crippen molar-refractivity contribution in [2.45, 2.75) is 20.8 Å². The number of aromatic nitrogens is 4. The van der Waals surface area contributed by atoms with E-state index in [0.29, 0.717) is 0 Å². The predicted octanol–water partition coefficient (Wildman–Crippen LogP) is 2.88. The molecule has 0 aliphatic rings. The lowest BCUT2D eigenvalue weighted by Gasteiger charge is -1.98. The number of hydrogen-bond acceptors (Lipinski definition) is 2. The van der Waals surface area contributed by atoms with Gasteiger partial charge in [0.15, 0.2) is 0 Å². The van der Waals surface area contributed by atoms with Crippen molar-refractivity contribution in [3.05, 3.63) is 35.2 Å². The fourth-order valence-electron chi connectivity index (χ4n) is 2.03. The molecule has 0 aliphatic carbocycles. The summed E-state index contributed by atoms with van der Waals surface area (Å²) in [6, 6.07) is 4.19. The molecule has 3 aromatic rings. The van der Waals surface area contributed by atoms with Crippen molar-refractivity contribution in [1.29, 1.82) is 0 Å². The number of hydrogen-bond donors (Lipinski definition) is 2. The van der Waals surface area contributed by atoms with Crippen LogP contribution in [-0.4, -0.2) is 20.2 Å². The van der Waals surface area contributed by atoms with Gasteiger partial charge in [0.05, 0.1) is 22.8 Å². The molecule has 2 aromatic heterocycles. The second-order valence-electron chi connectivity index (χ2n) is 4.40. The Balaban J connectivity index is 2.27. The number of H-pyrrole nitrogens is 2. The molecular formula is C13H14N4. The molecule has 0 bridgehead atoms. The zero-order chi connectivity index (χ0) is 12.0. The number of aromatic amines is 2. The maximum absolute atomic E-state index is 4.66. The summed E-state index contributed by atoms with van der Waals surface area (Å²) in [5.41, 5.74) is 6.66. The first-order chi connectivity index (χ1) is 8.16. The van der Waals surface area contributed by atoms with Gasteiger partial charge < -0.3 is 4.98 Å². The first-order valence-electron chi connectivity index (χ1n) is 5.63. The minimum absolute atomic E-state index is 0.875. The van der Waals surface area contributed by atoms with Crippen LogP contribution in [0, 0.1) is 20.8 Å². The standard InChI is InChI=1S/C13H14N4/c1-7-4-5-11-12(8(7)2)16-13(15-11)10-6-14-17-9(10)3/h4-6H,1-3H3,(H,14,17)(H,15,16). The topological polar surface area (TPSA) is 57.4 Å². The predicted molar refractivity (Wildman–Crippen MR) is 67.9 cm³/mol. The van der Waals surface area contributed by atoms with Gasteiger partial charge in [0.2, 0.25) is 0 Å². The van der Waals surface area contributed by atoms with E-state index in [1.807, 2.05) is 6.92 Å². The third kappa shape index (κ3) is 1.45. The molecule has 0 aliphatic heterocycles.